The summed E-state index contributed by atoms with van der Waals surface area (Å²) in [6.07, 6.45) is -0.104. The summed E-state index contributed by atoms with van der Waals surface area (Å²) in [6.45, 7) is 8.39. The number of nitrogens with zero attached hydrogens (tertiary/aromatic N) is 1. The Morgan fingerprint density at radius 3 is 2.33 bits per heavy atom. The van der Waals surface area contributed by atoms with E-state index in [9.17, 15) is 15.0 Å². The Bertz CT molecular complexity index is 259. The molecule has 1 fully saturated rings. The van der Waals surface area contributed by atoms with Gasteiger partial charge in [0.15, 0.2) is 0 Å². The van der Waals surface area contributed by atoms with E-state index in [2.05, 4.69) is 0 Å². The zero-order valence-electron chi connectivity index (χ0n) is 9.95. The van der Waals surface area contributed by atoms with E-state index in [4.69, 9.17) is 0 Å². The summed E-state index contributed by atoms with van der Waals surface area (Å²) in [5.74, 6) is 0.193. The molecule has 0 bridgehead atoms. The first-order valence-corrected chi connectivity index (χ1v) is 5.39. The molecule has 0 aromatic rings. The number of hydrogen-bond donors (Lipinski definition) is 2. The van der Waals surface area contributed by atoms with E-state index >= 15 is 0 Å². The van der Waals surface area contributed by atoms with Gasteiger partial charge < -0.3 is 10.2 Å². The topological polar surface area (TPSA) is 60.8 Å². The normalized spacial score (nSPS) is 32.1. The fourth-order valence-electron chi connectivity index (χ4n) is 2.92. The van der Waals surface area contributed by atoms with Gasteiger partial charge in [-0.1, -0.05) is 27.7 Å². The molecule has 0 aromatic heterocycles. The molecule has 1 saturated heterocycles. The second-order valence-electron chi connectivity index (χ2n) is 5.46. The van der Waals surface area contributed by atoms with E-state index in [0.29, 0.717) is 6.54 Å². The number of aliphatic hydroxyl groups is 1. The van der Waals surface area contributed by atoms with Crippen LogP contribution in [0.25, 0.3) is 0 Å². The van der Waals surface area contributed by atoms with Crippen molar-refractivity contribution in [3.8, 4) is 0 Å². The summed E-state index contributed by atoms with van der Waals surface area (Å²) in [7, 11) is 0. The van der Waals surface area contributed by atoms with Crippen LogP contribution in [0.2, 0.25) is 0 Å². The molecule has 0 saturated carbocycles. The molecule has 1 aliphatic rings. The first-order chi connectivity index (χ1) is 6.77. The van der Waals surface area contributed by atoms with E-state index in [-0.39, 0.29) is 17.9 Å². The lowest BCUT2D eigenvalue weighted by molar-refractivity contribution is -0.0341. The first-order valence-electron chi connectivity index (χ1n) is 5.39. The van der Waals surface area contributed by atoms with Crippen LogP contribution in [0.4, 0.5) is 4.79 Å². The van der Waals surface area contributed by atoms with Gasteiger partial charge in [-0.25, -0.2) is 4.79 Å². The van der Waals surface area contributed by atoms with E-state index in [1.54, 1.807) is 0 Å². The molecule has 1 heterocycles. The number of likely N-dealkylation sites (tertiary alicyclic amines) is 1. The maximum absolute atomic E-state index is 11.2. The molecule has 0 aromatic carbocycles. The second kappa shape index (κ2) is 3.67. The second-order valence-corrected chi connectivity index (χ2v) is 5.46. The van der Waals surface area contributed by atoms with Gasteiger partial charge in [0.05, 0.1) is 12.1 Å². The Labute approximate surface area is 90.9 Å². The lowest BCUT2D eigenvalue weighted by Gasteiger charge is -2.48. The first kappa shape index (κ1) is 12.3. The summed E-state index contributed by atoms with van der Waals surface area (Å²) in [4.78, 5) is 12.6. The van der Waals surface area contributed by atoms with Crippen molar-refractivity contribution in [1.29, 1.82) is 0 Å². The smallest absolute Gasteiger partial charge is 0.407 e. The van der Waals surface area contributed by atoms with Crippen LogP contribution >= 0.6 is 0 Å². The quantitative estimate of drug-likeness (QED) is 0.701. The van der Waals surface area contributed by atoms with Crippen LogP contribution < -0.4 is 0 Å². The molecule has 2 N–H and O–H groups in total. The minimum Gasteiger partial charge on any atom is -0.465 e. The minimum atomic E-state index is -0.927. The highest BCUT2D eigenvalue weighted by molar-refractivity contribution is 5.67. The third-order valence-corrected chi connectivity index (χ3v) is 3.85. The number of carbonyl (C=O) groups is 1. The average Bonchev–Trinajstić information content (AvgIpc) is 2.42. The predicted octanol–water partition coefficient (Wildman–Crippen LogP) is 1.78. The monoisotopic (exact) mass is 215 g/mol. The van der Waals surface area contributed by atoms with Crippen molar-refractivity contribution in [3.05, 3.63) is 0 Å². The molecule has 1 rings (SSSR count). The van der Waals surface area contributed by atoms with Gasteiger partial charge in [-0.05, 0) is 17.8 Å². The van der Waals surface area contributed by atoms with Gasteiger partial charge >= 0.3 is 6.09 Å². The van der Waals surface area contributed by atoms with Gasteiger partial charge in [0, 0.05) is 6.54 Å². The van der Waals surface area contributed by atoms with Crippen molar-refractivity contribution in [1.82, 2.24) is 4.90 Å². The van der Waals surface area contributed by atoms with Crippen molar-refractivity contribution >= 4 is 6.09 Å². The molecule has 2 atom stereocenters. The Kier molecular flexibility index (Phi) is 3.01. The highest BCUT2D eigenvalue weighted by atomic mass is 16.4. The zero-order valence-corrected chi connectivity index (χ0v) is 9.95. The van der Waals surface area contributed by atoms with Crippen LogP contribution in [-0.4, -0.2) is 39.9 Å². The van der Waals surface area contributed by atoms with Crippen molar-refractivity contribution in [2.75, 3.05) is 13.2 Å². The molecule has 1 amide bonds. The summed E-state index contributed by atoms with van der Waals surface area (Å²) < 4.78 is 0. The summed E-state index contributed by atoms with van der Waals surface area (Å²) in [5.41, 5.74) is -0.894. The maximum Gasteiger partial charge on any atom is 0.407 e. The van der Waals surface area contributed by atoms with Crippen molar-refractivity contribution in [2.24, 2.45) is 11.3 Å². The van der Waals surface area contributed by atoms with Crippen LogP contribution in [0, 0.1) is 11.3 Å². The van der Waals surface area contributed by atoms with Crippen molar-refractivity contribution in [2.45, 2.75) is 39.7 Å². The largest absolute Gasteiger partial charge is 0.465 e. The molecular weight excluding hydrogens is 194 g/mol. The lowest BCUT2D eigenvalue weighted by atomic mass is 9.67. The number of carboxylic acid groups (broad SMARTS) is 1. The molecule has 88 valence electrons. The van der Waals surface area contributed by atoms with Gasteiger partial charge in [-0.2, -0.15) is 0 Å². The van der Waals surface area contributed by atoms with Gasteiger partial charge in [0.1, 0.15) is 0 Å². The van der Waals surface area contributed by atoms with E-state index < -0.39 is 11.6 Å². The standard InChI is InChI=1S/C11H21NO3/c1-8-5-6-12(9(14)15)11(8,7-13)10(2,3)4/h8,13H,5-7H2,1-4H3,(H,14,15)/t8-,11-/m0/s1. The van der Waals surface area contributed by atoms with E-state index in [1.807, 2.05) is 27.7 Å². The molecule has 1 aliphatic heterocycles. The summed E-state index contributed by atoms with van der Waals surface area (Å²) in [6, 6.07) is 0. The molecule has 0 radical (unpaired) electrons. The van der Waals surface area contributed by atoms with E-state index in [0.717, 1.165) is 6.42 Å². The van der Waals surface area contributed by atoms with E-state index in [1.165, 1.54) is 4.90 Å². The van der Waals surface area contributed by atoms with Crippen LogP contribution in [0.3, 0.4) is 0 Å². The number of aliphatic hydroxyl groups excluding tert-OH is 1. The van der Waals surface area contributed by atoms with Gasteiger partial charge in [0.25, 0.3) is 0 Å². The molecular formula is C11H21NO3. The molecule has 0 aliphatic carbocycles. The Balaban J connectivity index is 3.18. The lowest BCUT2D eigenvalue weighted by Crippen LogP contribution is -2.60. The fraction of sp³-hybridized carbons (Fsp3) is 0.909. The van der Waals surface area contributed by atoms with Gasteiger partial charge in [-0.15, -0.1) is 0 Å². The molecule has 0 unspecified atom stereocenters. The Hall–Kier alpha value is -0.770. The molecule has 0 spiro atoms. The van der Waals surface area contributed by atoms with Crippen LogP contribution in [0.5, 0.6) is 0 Å². The van der Waals surface area contributed by atoms with Crippen molar-refractivity contribution in [3.63, 3.8) is 0 Å². The number of amides is 1. The zero-order chi connectivity index (χ0) is 11.9. The predicted molar refractivity (Wildman–Crippen MR) is 57.8 cm³/mol. The summed E-state index contributed by atoms with van der Waals surface area (Å²) >= 11 is 0. The third kappa shape index (κ3) is 1.61. The number of rotatable bonds is 1. The Morgan fingerprint density at radius 2 is 2.07 bits per heavy atom. The highest BCUT2D eigenvalue weighted by Gasteiger charge is 2.55. The van der Waals surface area contributed by atoms with Crippen LogP contribution in [0.1, 0.15) is 34.1 Å². The SMILES string of the molecule is C[C@H]1CCN(C(=O)O)[C@]1(CO)C(C)(C)C. The van der Waals surface area contributed by atoms with Gasteiger partial charge in [-0.3, -0.25) is 4.90 Å². The molecule has 4 nitrogen and oxygen atoms in total. The number of hydrogen-bond acceptors (Lipinski definition) is 2. The Morgan fingerprint density at radius 1 is 1.53 bits per heavy atom. The average molecular weight is 215 g/mol. The van der Waals surface area contributed by atoms with Crippen LogP contribution in [0.15, 0.2) is 0 Å². The van der Waals surface area contributed by atoms with Gasteiger partial charge in [0.2, 0.25) is 0 Å². The third-order valence-electron chi connectivity index (χ3n) is 3.85. The highest BCUT2D eigenvalue weighted by Crippen LogP contribution is 2.46. The minimum absolute atomic E-state index is 0.107. The maximum atomic E-state index is 11.2. The summed E-state index contributed by atoms with van der Waals surface area (Å²) in [5, 5.41) is 18.8. The molecule has 4 heteroatoms. The van der Waals surface area contributed by atoms with Crippen molar-refractivity contribution < 1.29 is 15.0 Å². The van der Waals surface area contributed by atoms with Crippen LogP contribution in [-0.2, 0) is 0 Å². The fourth-order valence-corrected chi connectivity index (χ4v) is 2.92. The molecule has 15 heavy (non-hydrogen) atoms.